The molecule has 0 aliphatic heterocycles. The van der Waals surface area contributed by atoms with E-state index in [1.807, 2.05) is 24.3 Å². The Morgan fingerprint density at radius 3 is 3.07 bits per heavy atom. The number of fused-ring (bicyclic) bond motifs is 1. The van der Waals surface area contributed by atoms with Crippen LogP contribution in [0.15, 0.2) is 24.3 Å². The monoisotopic (exact) mass is 226 g/mol. The third kappa shape index (κ3) is 1.66. The zero-order valence-electron chi connectivity index (χ0n) is 6.93. The van der Waals surface area contributed by atoms with Crippen molar-refractivity contribution in [1.82, 2.24) is 9.10 Å². The smallest absolute Gasteiger partial charge is 0.389 e. The fourth-order valence-corrected chi connectivity index (χ4v) is 1.80. The van der Waals surface area contributed by atoms with Crippen LogP contribution in [-0.2, 0) is 0 Å². The van der Waals surface area contributed by atoms with Crippen molar-refractivity contribution < 1.29 is 9.53 Å². The van der Waals surface area contributed by atoms with Gasteiger partial charge in [-0.1, -0.05) is 24.9 Å². The van der Waals surface area contributed by atoms with Crippen LogP contribution in [0, 0.1) is 0 Å². The van der Waals surface area contributed by atoms with Gasteiger partial charge in [-0.3, -0.25) is 4.72 Å². The van der Waals surface area contributed by atoms with Crippen LogP contribution < -0.4 is 9.46 Å². The summed E-state index contributed by atoms with van der Waals surface area (Å²) in [7, 11) is 0. The molecule has 1 amide bonds. The van der Waals surface area contributed by atoms with E-state index in [9.17, 15) is 4.79 Å². The summed E-state index contributed by atoms with van der Waals surface area (Å²) >= 11 is 4.86. The number of amides is 1. The summed E-state index contributed by atoms with van der Waals surface area (Å²) in [6.07, 6.45) is -0.635. The fourth-order valence-electron chi connectivity index (χ4n) is 1.05. The molecule has 14 heavy (non-hydrogen) atoms. The molecular formula is C8H6N2O2S2. The Balaban J connectivity index is 2.38. The molecule has 0 unspecified atom stereocenters. The summed E-state index contributed by atoms with van der Waals surface area (Å²) in [6.45, 7) is 0. The number of benzene rings is 1. The minimum atomic E-state index is -0.635. The van der Waals surface area contributed by atoms with Crippen LogP contribution in [-0.4, -0.2) is 10.5 Å². The number of thiol groups is 1. The van der Waals surface area contributed by atoms with Gasteiger partial charge in [-0.15, -0.1) is 0 Å². The lowest BCUT2D eigenvalue weighted by Crippen LogP contribution is -2.17. The van der Waals surface area contributed by atoms with Crippen LogP contribution >= 0.6 is 24.3 Å². The molecular weight excluding hydrogens is 220 g/mol. The van der Waals surface area contributed by atoms with Crippen molar-refractivity contribution in [3.8, 4) is 5.88 Å². The molecule has 0 bridgehead atoms. The summed E-state index contributed by atoms with van der Waals surface area (Å²) in [5, 5.41) is 0.828. The van der Waals surface area contributed by atoms with Gasteiger partial charge in [0.25, 0.3) is 0 Å². The first-order valence-corrected chi connectivity index (χ1v) is 4.99. The van der Waals surface area contributed by atoms with E-state index in [1.54, 1.807) is 0 Å². The highest BCUT2D eigenvalue weighted by molar-refractivity contribution is 7.78. The van der Waals surface area contributed by atoms with Crippen molar-refractivity contribution in [2.24, 2.45) is 0 Å². The minimum Gasteiger partial charge on any atom is -0.389 e. The third-order valence-electron chi connectivity index (χ3n) is 1.63. The highest BCUT2D eigenvalue weighted by atomic mass is 32.1. The molecule has 1 N–H and O–H groups in total. The molecule has 2 aromatic rings. The maximum atomic E-state index is 10.9. The van der Waals surface area contributed by atoms with E-state index in [2.05, 4.69) is 21.9 Å². The van der Waals surface area contributed by atoms with Gasteiger partial charge in [0.05, 0.1) is 10.1 Å². The predicted molar refractivity (Wildman–Crippen MR) is 57.8 cm³/mol. The van der Waals surface area contributed by atoms with E-state index in [1.165, 1.54) is 11.5 Å². The lowest BCUT2D eigenvalue weighted by Gasteiger charge is -1.97. The normalized spacial score (nSPS) is 10.1. The highest BCUT2D eigenvalue weighted by Crippen LogP contribution is 2.27. The van der Waals surface area contributed by atoms with E-state index < -0.39 is 6.09 Å². The van der Waals surface area contributed by atoms with Crippen LogP contribution in [0.5, 0.6) is 5.88 Å². The molecule has 1 aromatic heterocycles. The van der Waals surface area contributed by atoms with Gasteiger partial charge in [0.2, 0.25) is 5.88 Å². The van der Waals surface area contributed by atoms with Crippen LogP contribution in [0.2, 0.25) is 0 Å². The second-order valence-corrected chi connectivity index (χ2v) is 3.51. The van der Waals surface area contributed by atoms with Gasteiger partial charge in [-0.05, 0) is 23.7 Å². The molecule has 0 fully saturated rings. The van der Waals surface area contributed by atoms with Gasteiger partial charge in [0.15, 0.2) is 0 Å². The van der Waals surface area contributed by atoms with Crippen molar-refractivity contribution in [1.29, 1.82) is 0 Å². The molecule has 0 spiro atoms. The second kappa shape index (κ2) is 3.85. The summed E-state index contributed by atoms with van der Waals surface area (Å²) in [5.74, 6) is 0.317. The van der Waals surface area contributed by atoms with Crippen LogP contribution in [0.3, 0.4) is 0 Å². The Hall–Kier alpha value is -1.27. The second-order valence-electron chi connectivity index (χ2n) is 2.49. The minimum absolute atomic E-state index is 0.317. The lowest BCUT2D eigenvalue weighted by atomic mass is 10.3. The quantitative estimate of drug-likeness (QED) is 0.733. The van der Waals surface area contributed by atoms with Crippen molar-refractivity contribution in [3.63, 3.8) is 0 Å². The number of aromatic nitrogens is 1. The third-order valence-corrected chi connectivity index (χ3v) is 2.62. The number of nitrogens with zero attached hydrogens (tertiary/aromatic N) is 1. The molecule has 0 radical (unpaired) electrons. The maximum Gasteiger partial charge on any atom is 0.423 e. The highest BCUT2D eigenvalue weighted by Gasteiger charge is 2.09. The number of hydrogen-bond donors (Lipinski definition) is 2. The summed E-state index contributed by atoms with van der Waals surface area (Å²) in [4.78, 5) is 10.9. The van der Waals surface area contributed by atoms with Crippen molar-refractivity contribution in [3.05, 3.63) is 24.3 Å². The van der Waals surface area contributed by atoms with Gasteiger partial charge in [-0.25, -0.2) is 4.79 Å². The number of rotatable bonds is 1. The molecule has 0 aliphatic rings. The zero-order valence-corrected chi connectivity index (χ0v) is 8.64. The van der Waals surface area contributed by atoms with E-state index >= 15 is 0 Å². The molecule has 1 aromatic carbocycles. The number of carbonyl (C=O) groups excluding carboxylic acids is 1. The molecule has 2 rings (SSSR count). The van der Waals surface area contributed by atoms with Gasteiger partial charge in [0.1, 0.15) is 0 Å². The first-order chi connectivity index (χ1) is 6.81. The predicted octanol–water partition coefficient (Wildman–Crippen LogP) is 2.23. The molecule has 1 heterocycles. The van der Waals surface area contributed by atoms with Crippen molar-refractivity contribution in [2.75, 3.05) is 0 Å². The van der Waals surface area contributed by atoms with Gasteiger partial charge in [-0.2, -0.15) is 4.37 Å². The summed E-state index contributed by atoms with van der Waals surface area (Å²) < 4.78 is 11.9. The first-order valence-electron chi connectivity index (χ1n) is 3.77. The zero-order chi connectivity index (χ0) is 9.97. The fraction of sp³-hybridized carbons (Fsp3) is 0. The molecule has 0 saturated carbocycles. The van der Waals surface area contributed by atoms with Gasteiger partial charge in [0, 0.05) is 0 Å². The Morgan fingerprint density at radius 1 is 1.50 bits per heavy atom. The summed E-state index contributed by atoms with van der Waals surface area (Å²) in [6, 6.07) is 7.53. The molecule has 72 valence electrons. The molecule has 0 aliphatic carbocycles. The molecule has 0 atom stereocenters. The van der Waals surface area contributed by atoms with Crippen LogP contribution in [0.1, 0.15) is 0 Å². The van der Waals surface area contributed by atoms with Gasteiger partial charge >= 0.3 is 6.09 Å². The molecule has 0 saturated heterocycles. The Bertz CT molecular complexity index is 469. The largest absolute Gasteiger partial charge is 0.423 e. The maximum absolute atomic E-state index is 10.9. The Morgan fingerprint density at radius 2 is 2.29 bits per heavy atom. The van der Waals surface area contributed by atoms with Crippen molar-refractivity contribution >= 4 is 40.5 Å². The Labute approximate surface area is 89.6 Å². The molecule has 6 heteroatoms. The summed E-state index contributed by atoms with van der Waals surface area (Å²) in [5.41, 5.74) is 0. The van der Waals surface area contributed by atoms with Crippen LogP contribution in [0.25, 0.3) is 10.1 Å². The lowest BCUT2D eigenvalue weighted by molar-refractivity contribution is 0.207. The van der Waals surface area contributed by atoms with E-state index in [-0.39, 0.29) is 0 Å². The van der Waals surface area contributed by atoms with Crippen molar-refractivity contribution in [2.45, 2.75) is 0 Å². The molecule has 4 nitrogen and oxygen atoms in total. The average molecular weight is 226 g/mol. The average Bonchev–Trinajstić information content (AvgIpc) is 2.62. The van der Waals surface area contributed by atoms with Crippen LogP contribution in [0.4, 0.5) is 4.79 Å². The first kappa shape index (κ1) is 9.29. The van der Waals surface area contributed by atoms with E-state index in [0.717, 1.165) is 10.1 Å². The SMILES string of the molecule is O=C(NS)Oc1nsc2ccccc12. The number of carbonyl (C=O) groups is 1. The van der Waals surface area contributed by atoms with Gasteiger partial charge < -0.3 is 4.74 Å². The standard InChI is InChI=1S/C8H6N2O2S2/c11-8(9-13)12-7-5-3-1-2-4-6(5)14-10-7/h1-4,13H,(H,9,11). The number of ether oxygens (including phenoxy) is 1. The number of hydrogen-bond acceptors (Lipinski definition) is 5. The van der Waals surface area contributed by atoms with E-state index in [0.29, 0.717) is 5.88 Å². The Kier molecular flexibility index (Phi) is 2.55. The topological polar surface area (TPSA) is 51.2 Å². The number of nitrogens with one attached hydrogen (secondary N) is 1. The van der Waals surface area contributed by atoms with E-state index in [4.69, 9.17) is 4.74 Å².